The van der Waals surface area contributed by atoms with Crippen molar-refractivity contribution in [3.05, 3.63) is 96.1 Å². The van der Waals surface area contributed by atoms with Crippen LogP contribution in [0.1, 0.15) is 37.8 Å². The third kappa shape index (κ3) is 2.72. The Kier molecular flexibility index (Phi) is 5.23. The number of amides is 2. The largest absolute Gasteiger partial charge is 0.495 e. The molecule has 2 bridgehead atoms. The second-order valence-corrected chi connectivity index (χ2v) is 10.1. The Bertz CT molecular complexity index is 1370. The Balaban J connectivity index is 1.67. The van der Waals surface area contributed by atoms with E-state index < -0.39 is 22.7 Å². The first-order valence-corrected chi connectivity index (χ1v) is 12.9. The summed E-state index contributed by atoms with van der Waals surface area (Å²) in [5.41, 5.74) is 1.92. The predicted octanol–water partition coefficient (Wildman–Crippen LogP) is 5.80. The molecule has 2 amide bonds. The molecule has 6 rings (SSSR count). The van der Waals surface area contributed by atoms with Crippen LogP contribution >= 0.6 is 0 Å². The van der Waals surface area contributed by atoms with E-state index in [0.29, 0.717) is 24.3 Å². The van der Waals surface area contributed by atoms with Gasteiger partial charge in [0.15, 0.2) is 5.78 Å². The Morgan fingerprint density at radius 3 is 1.54 bits per heavy atom. The fraction of sp³-hybridized carbons (Fsp3) is 0.281. The summed E-state index contributed by atoms with van der Waals surface area (Å²) in [6.07, 6.45) is 0.877. The van der Waals surface area contributed by atoms with Crippen LogP contribution in [-0.2, 0) is 14.4 Å². The van der Waals surface area contributed by atoms with Crippen molar-refractivity contribution in [1.29, 1.82) is 0 Å². The van der Waals surface area contributed by atoms with Crippen LogP contribution < -0.4 is 9.64 Å². The van der Waals surface area contributed by atoms with Crippen LogP contribution in [0.5, 0.6) is 5.75 Å². The number of ether oxygens (including phenoxy) is 1. The van der Waals surface area contributed by atoms with Gasteiger partial charge in [0, 0.05) is 0 Å². The first-order chi connectivity index (χ1) is 18.0. The molecule has 3 aliphatic rings. The molecule has 5 heteroatoms. The van der Waals surface area contributed by atoms with Crippen molar-refractivity contribution in [2.75, 3.05) is 12.0 Å². The fourth-order valence-electron chi connectivity index (χ4n) is 7.51. The van der Waals surface area contributed by atoms with Crippen LogP contribution in [0.15, 0.2) is 84.9 Å². The summed E-state index contributed by atoms with van der Waals surface area (Å²) in [7, 11) is 1.53. The zero-order chi connectivity index (χ0) is 25.9. The van der Waals surface area contributed by atoms with Gasteiger partial charge in [0.25, 0.3) is 0 Å². The van der Waals surface area contributed by atoms with Crippen molar-refractivity contribution in [3.8, 4) is 5.75 Å². The molecule has 1 heterocycles. The number of hydrogen-bond acceptors (Lipinski definition) is 4. The highest BCUT2D eigenvalue weighted by Gasteiger charge is 2.80. The van der Waals surface area contributed by atoms with Crippen molar-refractivity contribution in [3.63, 3.8) is 0 Å². The van der Waals surface area contributed by atoms with Crippen molar-refractivity contribution in [2.24, 2.45) is 22.7 Å². The Hall–Kier alpha value is -3.99. The number of benzene rings is 3. The van der Waals surface area contributed by atoms with Gasteiger partial charge in [-0.05, 0) is 47.2 Å². The van der Waals surface area contributed by atoms with E-state index in [1.165, 1.54) is 12.0 Å². The van der Waals surface area contributed by atoms with Gasteiger partial charge in [-0.3, -0.25) is 14.4 Å². The van der Waals surface area contributed by atoms with Crippen molar-refractivity contribution >= 4 is 34.4 Å². The van der Waals surface area contributed by atoms with E-state index in [1.807, 2.05) is 80.6 Å². The van der Waals surface area contributed by atoms with Gasteiger partial charge in [-0.15, -0.1) is 0 Å². The predicted molar refractivity (Wildman–Crippen MR) is 143 cm³/mol. The summed E-state index contributed by atoms with van der Waals surface area (Å²) < 4.78 is 5.53. The van der Waals surface area contributed by atoms with E-state index in [0.717, 1.165) is 22.3 Å². The first kappa shape index (κ1) is 23.4. The minimum absolute atomic E-state index is 0.0130. The van der Waals surface area contributed by atoms with Gasteiger partial charge in [-0.25, -0.2) is 4.90 Å². The van der Waals surface area contributed by atoms with Crippen LogP contribution in [-0.4, -0.2) is 24.7 Å². The van der Waals surface area contributed by atoms with Gasteiger partial charge in [-0.2, -0.15) is 0 Å². The van der Waals surface area contributed by atoms with Crippen LogP contribution in [0.2, 0.25) is 0 Å². The zero-order valence-electron chi connectivity index (χ0n) is 21.2. The lowest BCUT2D eigenvalue weighted by Crippen LogP contribution is -2.42. The molecule has 1 saturated heterocycles. The standard InChI is InChI=1S/C32H29NO4/c1-4-31-24(20-14-8-6-9-15-20)25(21-16-10-7-11-17-21)32(5-2,30(31)36)27-26(31)28(34)33(29(27)35)22-18-12-13-19-23(22)37-3/h6-19,26-27H,4-5H2,1-3H3/t26-,27+,31-,32-/m1/s1. The molecular weight excluding hydrogens is 462 g/mol. The average Bonchev–Trinajstić information content (AvgIpc) is 3.45. The number of rotatable bonds is 6. The van der Waals surface area contributed by atoms with E-state index in [4.69, 9.17) is 4.74 Å². The molecule has 0 spiro atoms. The monoisotopic (exact) mass is 491 g/mol. The number of fused-ring (bicyclic) bond motifs is 5. The lowest BCUT2D eigenvalue weighted by atomic mass is 9.60. The van der Waals surface area contributed by atoms with Gasteiger partial charge in [0.2, 0.25) is 11.8 Å². The maximum atomic E-state index is 14.7. The second kappa shape index (κ2) is 8.27. The molecule has 3 aromatic rings. The molecule has 3 aromatic carbocycles. The number of Topliss-reactive ketones (excluding diaryl/α,β-unsaturated/α-hetero) is 1. The van der Waals surface area contributed by atoms with Crippen molar-refractivity contribution in [2.45, 2.75) is 26.7 Å². The molecular formula is C32H29NO4. The number of carbonyl (C=O) groups excluding carboxylic acids is 3. The number of carbonyl (C=O) groups is 3. The highest BCUT2D eigenvalue weighted by Crippen LogP contribution is 2.75. The number of methoxy groups -OCH3 is 1. The summed E-state index contributed by atoms with van der Waals surface area (Å²) in [4.78, 5) is 44.6. The third-order valence-corrected chi connectivity index (χ3v) is 8.89. The van der Waals surface area contributed by atoms with Gasteiger partial charge in [0.1, 0.15) is 5.75 Å². The SMILES string of the molecule is CC[C@@]12C(=O)[C@](CC)(C(c3ccccc3)=C1c1ccccc1)[C@H]1C(=O)N(c3ccccc3OC)C(=O)[C@H]12. The minimum Gasteiger partial charge on any atom is -0.495 e. The third-order valence-electron chi connectivity index (χ3n) is 8.89. The Morgan fingerprint density at radius 1 is 0.676 bits per heavy atom. The van der Waals surface area contributed by atoms with Crippen LogP contribution in [0, 0.1) is 22.7 Å². The van der Waals surface area contributed by atoms with E-state index in [9.17, 15) is 14.4 Å². The number of hydrogen-bond donors (Lipinski definition) is 0. The molecule has 37 heavy (non-hydrogen) atoms. The van der Waals surface area contributed by atoms with E-state index in [-0.39, 0.29) is 17.6 Å². The zero-order valence-corrected chi connectivity index (χ0v) is 21.2. The minimum atomic E-state index is -1.09. The maximum absolute atomic E-state index is 14.7. The lowest BCUT2D eigenvalue weighted by molar-refractivity contribution is -0.134. The molecule has 5 nitrogen and oxygen atoms in total. The Labute approximate surface area is 216 Å². The maximum Gasteiger partial charge on any atom is 0.239 e. The number of allylic oxidation sites excluding steroid dienone is 2. The highest BCUT2D eigenvalue weighted by atomic mass is 16.5. The molecule has 0 aromatic heterocycles. The van der Waals surface area contributed by atoms with Gasteiger partial charge in [0.05, 0.1) is 35.5 Å². The summed E-state index contributed by atoms with van der Waals surface area (Å²) in [6.45, 7) is 3.95. The van der Waals surface area contributed by atoms with Crippen LogP contribution in [0.3, 0.4) is 0 Å². The summed E-state index contributed by atoms with van der Waals surface area (Å²) in [5, 5.41) is 0. The lowest BCUT2D eigenvalue weighted by Gasteiger charge is -2.38. The van der Waals surface area contributed by atoms with Crippen LogP contribution in [0.4, 0.5) is 5.69 Å². The number of nitrogens with zero attached hydrogens (tertiary/aromatic N) is 1. The summed E-state index contributed by atoms with van der Waals surface area (Å²) in [5.74, 6) is -1.68. The van der Waals surface area contributed by atoms with Crippen molar-refractivity contribution < 1.29 is 19.1 Å². The quantitative estimate of drug-likeness (QED) is 0.409. The molecule has 4 atom stereocenters. The summed E-state index contributed by atoms with van der Waals surface area (Å²) in [6, 6.07) is 26.9. The molecule has 1 aliphatic heterocycles. The number of ketones is 1. The number of para-hydroxylation sites is 2. The van der Waals surface area contributed by atoms with E-state index >= 15 is 0 Å². The van der Waals surface area contributed by atoms with Gasteiger partial charge < -0.3 is 4.74 Å². The van der Waals surface area contributed by atoms with Gasteiger partial charge >= 0.3 is 0 Å². The average molecular weight is 492 g/mol. The van der Waals surface area contributed by atoms with E-state index in [2.05, 4.69) is 0 Å². The molecule has 0 radical (unpaired) electrons. The van der Waals surface area contributed by atoms with Crippen molar-refractivity contribution in [1.82, 2.24) is 0 Å². The molecule has 1 saturated carbocycles. The molecule has 2 fully saturated rings. The first-order valence-electron chi connectivity index (χ1n) is 12.9. The second-order valence-electron chi connectivity index (χ2n) is 10.1. The van der Waals surface area contributed by atoms with Gasteiger partial charge in [-0.1, -0.05) is 86.6 Å². The highest BCUT2D eigenvalue weighted by molar-refractivity contribution is 6.35. The number of imide groups is 1. The molecule has 0 N–H and O–H groups in total. The smallest absolute Gasteiger partial charge is 0.239 e. The Morgan fingerprint density at radius 2 is 1.11 bits per heavy atom. The molecule has 186 valence electrons. The summed E-state index contributed by atoms with van der Waals surface area (Å²) >= 11 is 0. The van der Waals surface area contributed by atoms with Crippen LogP contribution in [0.25, 0.3) is 11.1 Å². The number of anilines is 1. The molecule has 2 aliphatic carbocycles. The normalized spacial score (nSPS) is 28.3. The van der Waals surface area contributed by atoms with E-state index in [1.54, 1.807) is 18.2 Å². The fourth-order valence-corrected chi connectivity index (χ4v) is 7.51. The molecule has 0 unspecified atom stereocenters. The topological polar surface area (TPSA) is 63.7 Å².